The van der Waals surface area contributed by atoms with Gasteiger partial charge in [-0.25, -0.2) is 27.0 Å². The van der Waals surface area contributed by atoms with Crippen molar-refractivity contribution < 1.29 is 36.3 Å². The summed E-state index contributed by atoms with van der Waals surface area (Å²) in [4.78, 5) is 34.6. The zero-order valence-electron chi connectivity index (χ0n) is 33.7. The summed E-state index contributed by atoms with van der Waals surface area (Å²) in [5, 5.41) is 3.12. The molecule has 4 aliphatic rings. The molecule has 3 aliphatic heterocycles. The van der Waals surface area contributed by atoms with Crippen LogP contribution in [0.4, 0.5) is 19.3 Å². The lowest BCUT2D eigenvalue weighted by atomic mass is 9.64. The van der Waals surface area contributed by atoms with Crippen LogP contribution < -0.4 is 10.2 Å². The third kappa shape index (κ3) is 8.38. The second kappa shape index (κ2) is 17.5. The van der Waals surface area contributed by atoms with Gasteiger partial charge in [0.15, 0.2) is 0 Å². The van der Waals surface area contributed by atoms with Gasteiger partial charge in [-0.1, -0.05) is 24.6 Å². The van der Waals surface area contributed by atoms with Gasteiger partial charge in [0.2, 0.25) is 15.9 Å². The lowest BCUT2D eigenvalue weighted by Crippen LogP contribution is -2.58. The highest BCUT2D eigenvalue weighted by molar-refractivity contribution is 7.89. The number of hydrogen-bond acceptors (Lipinski definition) is 9. The number of amides is 2. The second-order valence-corrected chi connectivity index (χ2v) is 18.3. The Labute approximate surface area is 340 Å². The Morgan fingerprint density at radius 1 is 1.03 bits per heavy atom. The van der Waals surface area contributed by atoms with E-state index in [1.807, 2.05) is 24.1 Å². The Morgan fingerprint density at radius 3 is 2.45 bits per heavy atom. The van der Waals surface area contributed by atoms with Crippen molar-refractivity contribution in [1.82, 2.24) is 29.0 Å². The number of piperidine rings is 1. The van der Waals surface area contributed by atoms with Crippen LogP contribution in [0.25, 0.3) is 0 Å². The van der Waals surface area contributed by atoms with Crippen LogP contribution in [-0.4, -0.2) is 130 Å². The highest BCUT2D eigenvalue weighted by Gasteiger charge is 2.54. The van der Waals surface area contributed by atoms with E-state index < -0.39 is 27.5 Å². The minimum absolute atomic E-state index is 0.0223. The fourth-order valence-electron chi connectivity index (χ4n) is 9.69. The number of methoxy groups -OCH3 is 1. The number of likely N-dealkylation sites (tertiary alicyclic amines) is 1. The van der Waals surface area contributed by atoms with E-state index in [9.17, 15) is 18.0 Å². The maximum atomic E-state index is 15.5. The minimum atomic E-state index is -3.88. The number of aryl methyl sites for hydroxylation is 1. The summed E-state index contributed by atoms with van der Waals surface area (Å²) in [7, 11) is 0.795. The molecule has 2 amide bonds. The van der Waals surface area contributed by atoms with Gasteiger partial charge in [0.1, 0.15) is 17.5 Å². The number of alkyl carbamates (subject to hydrolysis) is 1. The summed E-state index contributed by atoms with van der Waals surface area (Å²) in [6.07, 6.45) is 10.3. The summed E-state index contributed by atoms with van der Waals surface area (Å²) < 4.78 is 71.2. The number of carbonyl (C=O) groups is 2. The van der Waals surface area contributed by atoms with Gasteiger partial charge in [-0.2, -0.15) is 4.31 Å². The molecule has 58 heavy (non-hydrogen) atoms. The smallest absolute Gasteiger partial charge is 0.407 e. The average Bonchev–Trinajstić information content (AvgIpc) is 3.82. The van der Waals surface area contributed by atoms with Gasteiger partial charge in [-0.05, 0) is 87.5 Å². The Kier molecular flexibility index (Phi) is 12.6. The summed E-state index contributed by atoms with van der Waals surface area (Å²) >= 11 is 0. The van der Waals surface area contributed by atoms with Crippen molar-refractivity contribution in [3.05, 3.63) is 90.0 Å². The first-order chi connectivity index (χ1) is 27.8. The number of sulfonamides is 1. The number of hydrogen-bond donors (Lipinski definition) is 1. The maximum Gasteiger partial charge on any atom is 0.407 e. The number of halogens is 2. The van der Waals surface area contributed by atoms with Crippen molar-refractivity contribution in [3.63, 3.8) is 0 Å². The minimum Gasteiger partial charge on any atom is -0.453 e. The lowest BCUT2D eigenvalue weighted by Gasteiger charge is -2.52. The molecule has 1 unspecified atom stereocenters. The van der Waals surface area contributed by atoms with Crippen LogP contribution in [0.1, 0.15) is 43.5 Å². The van der Waals surface area contributed by atoms with Gasteiger partial charge < -0.3 is 34.1 Å². The van der Waals surface area contributed by atoms with E-state index in [2.05, 4.69) is 19.8 Å². The predicted octanol–water partition coefficient (Wildman–Crippen LogP) is 4.62. The molecule has 4 fully saturated rings. The summed E-state index contributed by atoms with van der Waals surface area (Å²) in [5.74, 6) is 0.229. The first kappa shape index (κ1) is 41.8. The number of nitrogens with zero attached hydrogens (tertiary/aromatic N) is 6. The number of imidazole rings is 1. The van der Waals surface area contributed by atoms with E-state index in [0.717, 1.165) is 69.2 Å². The largest absolute Gasteiger partial charge is 0.453 e. The molecule has 4 heterocycles. The molecule has 2 aromatic carbocycles. The molecule has 314 valence electrons. The van der Waals surface area contributed by atoms with Crippen LogP contribution >= 0.6 is 0 Å². The number of benzene rings is 2. The predicted molar refractivity (Wildman–Crippen MR) is 215 cm³/mol. The van der Waals surface area contributed by atoms with E-state index in [4.69, 9.17) is 9.47 Å². The number of carbonyl (C=O) groups excluding carboxylic acids is 2. The van der Waals surface area contributed by atoms with Crippen LogP contribution in [-0.2, 0) is 29.8 Å². The zero-order chi connectivity index (χ0) is 41.2. The molecule has 3 atom stereocenters. The SMILES string of the molecule is COC(=O)N[C@H]1CCC[C@@H]1C(c1cccc(F)c1)(C1CCN(CC2CN(c3ccc(S(=O)(=O)N4CC(OC/C=C/C(=O)N(C)C)C4)cc3F)C2)CC1)n1ccnc1C. The Balaban J connectivity index is 0.966. The van der Waals surface area contributed by atoms with Gasteiger partial charge >= 0.3 is 6.09 Å². The molecule has 13 nitrogen and oxygen atoms in total. The van der Waals surface area contributed by atoms with Crippen LogP contribution in [0.3, 0.4) is 0 Å². The van der Waals surface area contributed by atoms with Crippen molar-refractivity contribution in [2.24, 2.45) is 17.8 Å². The summed E-state index contributed by atoms with van der Waals surface area (Å²) in [5.41, 5.74) is 0.617. The van der Waals surface area contributed by atoms with Crippen molar-refractivity contribution in [3.8, 4) is 0 Å². The van der Waals surface area contributed by atoms with E-state index >= 15 is 8.78 Å². The molecular weight excluding hydrogens is 769 g/mol. The van der Waals surface area contributed by atoms with E-state index in [-0.39, 0.29) is 60.3 Å². The van der Waals surface area contributed by atoms with E-state index in [1.165, 1.54) is 34.5 Å². The van der Waals surface area contributed by atoms with Gasteiger partial charge in [-0.15, -0.1) is 0 Å². The number of rotatable bonds is 14. The molecule has 1 N–H and O–H groups in total. The molecule has 0 radical (unpaired) electrons. The highest BCUT2D eigenvalue weighted by atomic mass is 32.2. The van der Waals surface area contributed by atoms with Crippen molar-refractivity contribution in [2.75, 3.05) is 78.5 Å². The van der Waals surface area contributed by atoms with Gasteiger partial charge in [-0.3, -0.25) is 4.79 Å². The molecule has 1 aromatic heterocycles. The molecule has 0 bridgehead atoms. The second-order valence-electron chi connectivity index (χ2n) is 16.3. The number of likely N-dealkylation sites (N-methyl/N-ethyl adjacent to an activating group) is 1. The zero-order valence-corrected chi connectivity index (χ0v) is 34.5. The molecular formula is C42H55F2N7O6S. The third-order valence-electron chi connectivity index (χ3n) is 12.6. The van der Waals surface area contributed by atoms with Crippen molar-refractivity contribution in [2.45, 2.75) is 61.6 Å². The van der Waals surface area contributed by atoms with Gasteiger partial charge in [0, 0.05) is 83.2 Å². The molecule has 1 aliphatic carbocycles. The quantitative estimate of drug-likeness (QED) is 0.232. The number of anilines is 1. The van der Waals surface area contributed by atoms with Crippen LogP contribution in [0, 0.1) is 36.3 Å². The highest BCUT2D eigenvalue weighted by Crippen LogP contribution is 2.52. The van der Waals surface area contributed by atoms with Gasteiger partial charge in [0.05, 0.1) is 35.9 Å². The number of ether oxygens (including phenoxy) is 2. The van der Waals surface area contributed by atoms with Crippen molar-refractivity contribution >= 4 is 27.7 Å². The Hall–Kier alpha value is -4.38. The molecule has 3 saturated heterocycles. The maximum absolute atomic E-state index is 15.5. The first-order valence-corrected chi connectivity index (χ1v) is 21.6. The van der Waals surface area contributed by atoms with Gasteiger partial charge in [0.25, 0.3) is 0 Å². The Morgan fingerprint density at radius 2 is 1.79 bits per heavy atom. The fraction of sp³-hybridized carbons (Fsp3) is 0.548. The molecule has 16 heteroatoms. The van der Waals surface area contributed by atoms with E-state index in [0.29, 0.717) is 24.7 Å². The van der Waals surface area contributed by atoms with Crippen LogP contribution in [0.15, 0.2) is 71.9 Å². The molecule has 7 rings (SSSR count). The number of nitrogens with one attached hydrogen (secondary N) is 1. The third-order valence-corrected chi connectivity index (χ3v) is 14.4. The lowest BCUT2D eigenvalue weighted by molar-refractivity contribution is -0.123. The summed E-state index contributed by atoms with van der Waals surface area (Å²) in [6.45, 7) is 6.34. The monoisotopic (exact) mass is 823 g/mol. The van der Waals surface area contributed by atoms with Crippen LogP contribution in [0.5, 0.6) is 0 Å². The normalized spacial score (nSPS) is 22.4. The number of aromatic nitrogens is 2. The molecule has 0 spiro atoms. The molecule has 3 aromatic rings. The summed E-state index contributed by atoms with van der Waals surface area (Å²) in [6, 6.07) is 10.9. The average molecular weight is 824 g/mol. The fourth-order valence-corrected chi connectivity index (χ4v) is 11.2. The first-order valence-electron chi connectivity index (χ1n) is 20.2. The van der Waals surface area contributed by atoms with Crippen LogP contribution in [0.2, 0.25) is 0 Å². The Bertz CT molecular complexity index is 2080. The molecule has 1 saturated carbocycles. The van der Waals surface area contributed by atoms with Crippen molar-refractivity contribution in [1.29, 1.82) is 0 Å². The van der Waals surface area contributed by atoms with E-state index in [1.54, 1.807) is 44.6 Å². The standard InChI is InChI=1S/C42H55F2N7O6S/c1-29-45-17-20-51(29)42(32-8-5-9-33(43)22-32,36-10-6-11-38(36)46-41(53)56-4)31-15-18-48(19-16-31)24-30-25-49(26-30)39-14-13-35(23-37(39)44)58(54,55)50-27-34(28-50)57-21-7-12-40(52)47(2)3/h5,7-9,12-14,17,20,22-23,30-31,34,36,38H,6,10-11,15-16,18-19,21,24-28H2,1-4H3,(H,46,53)/b12-7+/t36-,38-,42?/m0/s1. The topological polar surface area (TPSA) is 130 Å².